The van der Waals surface area contributed by atoms with E-state index in [-0.39, 0.29) is 11.8 Å². The average Bonchev–Trinajstić information content (AvgIpc) is 2.78. The van der Waals surface area contributed by atoms with Crippen LogP contribution in [0.3, 0.4) is 0 Å². The van der Waals surface area contributed by atoms with Gasteiger partial charge in [0.2, 0.25) is 5.91 Å². The third-order valence-electron chi connectivity index (χ3n) is 3.84. The first-order chi connectivity index (χ1) is 8.63. The topological polar surface area (TPSA) is 41.1 Å². The number of amides is 1. The van der Waals surface area contributed by atoms with Crippen molar-refractivity contribution >= 4 is 11.6 Å². The molecule has 0 radical (unpaired) electrons. The van der Waals surface area contributed by atoms with Crippen molar-refractivity contribution in [1.82, 2.24) is 5.32 Å². The molecule has 3 nitrogen and oxygen atoms in total. The van der Waals surface area contributed by atoms with Crippen LogP contribution in [-0.2, 0) is 11.2 Å². The Kier molecular flexibility index (Phi) is 4.02. The Hall–Kier alpha value is -1.35. The monoisotopic (exact) mass is 246 g/mol. The second-order valence-corrected chi connectivity index (χ2v) is 5.19. The zero-order valence-electron chi connectivity index (χ0n) is 11.4. The van der Waals surface area contributed by atoms with E-state index in [9.17, 15) is 4.79 Å². The van der Waals surface area contributed by atoms with Crippen molar-refractivity contribution in [3.8, 4) is 0 Å². The van der Waals surface area contributed by atoms with Gasteiger partial charge in [-0.3, -0.25) is 4.79 Å². The first-order valence-corrected chi connectivity index (χ1v) is 6.73. The maximum atomic E-state index is 12.3. The number of benzene rings is 1. The minimum absolute atomic E-state index is 0.0920. The maximum Gasteiger partial charge on any atom is 0.229 e. The smallest absolute Gasteiger partial charge is 0.229 e. The van der Waals surface area contributed by atoms with E-state index in [0.717, 1.165) is 30.8 Å². The van der Waals surface area contributed by atoms with Crippen molar-refractivity contribution in [3.05, 3.63) is 29.3 Å². The predicted octanol–water partition coefficient (Wildman–Crippen LogP) is 2.35. The van der Waals surface area contributed by atoms with Gasteiger partial charge in [0.15, 0.2) is 0 Å². The molecule has 1 aromatic rings. The molecule has 1 aliphatic rings. The number of hydrogen-bond donors (Lipinski definition) is 2. The molecule has 2 N–H and O–H groups in total. The fraction of sp³-hybridized carbons (Fsp3) is 0.533. The maximum absolute atomic E-state index is 12.3. The van der Waals surface area contributed by atoms with Crippen molar-refractivity contribution in [3.63, 3.8) is 0 Å². The highest BCUT2D eigenvalue weighted by Crippen LogP contribution is 2.24. The molecule has 0 aromatic heterocycles. The van der Waals surface area contributed by atoms with Crippen molar-refractivity contribution in [2.24, 2.45) is 11.8 Å². The van der Waals surface area contributed by atoms with Crippen LogP contribution in [0.25, 0.3) is 0 Å². The molecule has 2 atom stereocenters. The van der Waals surface area contributed by atoms with Gasteiger partial charge in [-0.25, -0.2) is 0 Å². The van der Waals surface area contributed by atoms with Crippen LogP contribution in [0.1, 0.15) is 25.0 Å². The molecule has 0 saturated carbocycles. The van der Waals surface area contributed by atoms with Gasteiger partial charge in [-0.15, -0.1) is 0 Å². The fourth-order valence-electron chi connectivity index (χ4n) is 2.58. The summed E-state index contributed by atoms with van der Waals surface area (Å²) < 4.78 is 0. The largest absolute Gasteiger partial charge is 0.325 e. The zero-order valence-corrected chi connectivity index (χ0v) is 11.4. The number of carbonyl (C=O) groups is 1. The summed E-state index contributed by atoms with van der Waals surface area (Å²) in [7, 11) is 0. The van der Waals surface area contributed by atoms with Crippen molar-refractivity contribution in [1.29, 1.82) is 0 Å². The van der Waals surface area contributed by atoms with Gasteiger partial charge in [0.25, 0.3) is 0 Å². The van der Waals surface area contributed by atoms with Crippen molar-refractivity contribution < 1.29 is 4.79 Å². The van der Waals surface area contributed by atoms with Gasteiger partial charge < -0.3 is 10.6 Å². The number of nitrogens with one attached hydrogen (secondary N) is 2. The number of hydrogen-bond acceptors (Lipinski definition) is 2. The van der Waals surface area contributed by atoms with Crippen LogP contribution < -0.4 is 10.6 Å². The fourth-order valence-corrected chi connectivity index (χ4v) is 2.58. The Morgan fingerprint density at radius 1 is 1.44 bits per heavy atom. The number of anilines is 1. The molecule has 1 fully saturated rings. The minimum atomic E-state index is 0.0920. The Bertz CT molecular complexity index is 442. The van der Waals surface area contributed by atoms with Crippen LogP contribution in [0.2, 0.25) is 0 Å². The van der Waals surface area contributed by atoms with Gasteiger partial charge in [0.1, 0.15) is 0 Å². The molecule has 2 unspecified atom stereocenters. The van der Waals surface area contributed by atoms with Crippen LogP contribution in [-0.4, -0.2) is 19.0 Å². The number of rotatable bonds is 3. The molecular weight excluding hydrogens is 224 g/mol. The Balaban J connectivity index is 2.16. The molecule has 1 heterocycles. The van der Waals surface area contributed by atoms with Gasteiger partial charge in [0.05, 0.1) is 5.92 Å². The van der Waals surface area contributed by atoms with Crippen molar-refractivity contribution in [2.45, 2.75) is 27.2 Å². The summed E-state index contributed by atoms with van der Waals surface area (Å²) in [5, 5.41) is 6.39. The van der Waals surface area contributed by atoms with E-state index in [2.05, 4.69) is 30.5 Å². The summed E-state index contributed by atoms with van der Waals surface area (Å²) >= 11 is 0. The van der Waals surface area contributed by atoms with Gasteiger partial charge in [-0.1, -0.05) is 32.0 Å². The van der Waals surface area contributed by atoms with Gasteiger partial charge in [-0.2, -0.15) is 0 Å². The summed E-state index contributed by atoms with van der Waals surface area (Å²) in [6, 6.07) is 6.17. The van der Waals surface area contributed by atoms with E-state index in [4.69, 9.17) is 0 Å². The van der Waals surface area contributed by atoms with Crippen LogP contribution in [0.4, 0.5) is 5.69 Å². The third kappa shape index (κ3) is 2.56. The van der Waals surface area contributed by atoms with E-state index >= 15 is 0 Å². The van der Waals surface area contributed by atoms with E-state index in [1.165, 1.54) is 5.56 Å². The Morgan fingerprint density at radius 3 is 2.83 bits per heavy atom. The summed E-state index contributed by atoms with van der Waals surface area (Å²) in [4.78, 5) is 12.3. The molecule has 0 spiro atoms. The third-order valence-corrected chi connectivity index (χ3v) is 3.84. The molecule has 0 bridgehead atoms. The number of carbonyl (C=O) groups excluding carboxylic acids is 1. The first kappa shape index (κ1) is 13.1. The van der Waals surface area contributed by atoms with Gasteiger partial charge >= 0.3 is 0 Å². The predicted molar refractivity (Wildman–Crippen MR) is 74.7 cm³/mol. The van der Waals surface area contributed by atoms with E-state index in [0.29, 0.717) is 5.92 Å². The summed E-state index contributed by atoms with van der Waals surface area (Å²) in [6.45, 7) is 8.02. The van der Waals surface area contributed by atoms with Crippen LogP contribution in [0, 0.1) is 18.8 Å². The quantitative estimate of drug-likeness (QED) is 0.859. The summed E-state index contributed by atoms with van der Waals surface area (Å²) in [5.41, 5.74) is 3.35. The number of aryl methyl sites for hydroxylation is 2. The Morgan fingerprint density at radius 2 is 2.22 bits per heavy atom. The average molecular weight is 246 g/mol. The van der Waals surface area contributed by atoms with E-state index in [1.54, 1.807) is 0 Å². The van der Waals surface area contributed by atoms with E-state index in [1.807, 2.05) is 19.1 Å². The lowest BCUT2D eigenvalue weighted by Gasteiger charge is -2.17. The molecule has 1 amide bonds. The Labute approximate surface area is 109 Å². The molecule has 98 valence electrons. The highest BCUT2D eigenvalue weighted by atomic mass is 16.1. The highest BCUT2D eigenvalue weighted by molar-refractivity contribution is 5.94. The van der Waals surface area contributed by atoms with Crippen LogP contribution >= 0.6 is 0 Å². The summed E-state index contributed by atoms with van der Waals surface area (Å²) in [6.07, 6.45) is 0.940. The van der Waals surface area contributed by atoms with Crippen LogP contribution in [0.15, 0.2) is 18.2 Å². The number of para-hydroxylation sites is 1. The molecule has 1 aromatic carbocycles. The minimum Gasteiger partial charge on any atom is -0.325 e. The standard InChI is InChI=1S/C15H22N2O/c1-4-12-7-5-6-10(2)14(12)17-15(18)13-9-16-8-11(13)3/h5-7,11,13,16H,4,8-9H2,1-3H3,(H,17,18). The lowest BCUT2D eigenvalue weighted by atomic mass is 9.96. The van der Waals surface area contributed by atoms with Crippen LogP contribution in [0.5, 0.6) is 0 Å². The molecule has 3 heteroatoms. The zero-order chi connectivity index (χ0) is 13.1. The molecule has 1 aliphatic heterocycles. The van der Waals surface area contributed by atoms with Crippen molar-refractivity contribution in [2.75, 3.05) is 18.4 Å². The summed E-state index contributed by atoms with van der Waals surface area (Å²) in [5.74, 6) is 0.657. The normalized spacial score (nSPS) is 23.1. The second-order valence-electron chi connectivity index (χ2n) is 5.19. The first-order valence-electron chi connectivity index (χ1n) is 6.73. The second kappa shape index (κ2) is 5.53. The van der Waals surface area contributed by atoms with E-state index < -0.39 is 0 Å². The molecule has 1 saturated heterocycles. The molecule has 0 aliphatic carbocycles. The molecular formula is C15H22N2O. The highest BCUT2D eigenvalue weighted by Gasteiger charge is 2.29. The molecule has 2 rings (SSSR count). The SMILES string of the molecule is CCc1cccc(C)c1NC(=O)C1CNCC1C. The lowest BCUT2D eigenvalue weighted by Crippen LogP contribution is -2.28. The molecule has 18 heavy (non-hydrogen) atoms. The van der Waals surface area contributed by atoms with Gasteiger partial charge in [0, 0.05) is 12.2 Å². The van der Waals surface area contributed by atoms with Gasteiger partial charge in [-0.05, 0) is 36.9 Å². The lowest BCUT2D eigenvalue weighted by molar-refractivity contribution is -0.120.